The molecule has 0 radical (unpaired) electrons. The van der Waals surface area contributed by atoms with E-state index in [1.807, 2.05) is 61.5 Å². The van der Waals surface area contributed by atoms with Gasteiger partial charge in [-0.3, -0.25) is 9.78 Å². The monoisotopic (exact) mass is 438 g/mol. The van der Waals surface area contributed by atoms with Gasteiger partial charge in [-0.25, -0.2) is 4.68 Å². The van der Waals surface area contributed by atoms with E-state index >= 15 is 0 Å². The number of carbonyl (C=O) groups excluding carboxylic acids is 1. The predicted octanol–water partition coefficient (Wildman–Crippen LogP) is 4.18. The van der Waals surface area contributed by atoms with E-state index in [-0.39, 0.29) is 5.91 Å². The van der Waals surface area contributed by atoms with Crippen LogP contribution < -0.4 is 15.4 Å². The molecule has 2 aromatic heterocycles. The Bertz CT molecular complexity index is 1280. The number of benzene rings is 2. The Hall–Kier alpha value is -4.46. The molecule has 1 aliphatic heterocycles. The molecular formula is C25H22N6O2. The van der Waals surface area contributed by atoms with E-state index in [0.717, 1.165) is 16.9 Å². The third kappa shape index (κ3) is 4.31. The molecule has 1 amide bonds. The van der Waals surface area contributed by atoms with E-state index in [4.69, 9.17) is 4.74 Å². The molecule has 3 heterocycles. The highest BCUT2D eigenvalue weighted by Gasteiger charge is 2.33. The largest absolute Gasteiger partial charge is 0.489 e. The Morgan fingerprint density at radius 1 is 1.09 bits per heavy atom. The maximum absolute atomic E-state index is 13.3. The summed E-state index contributed by atoms with van der Waals surface area (Å²) in [5.41, 5.74) is 3.88. The van der Waals surface area contributed by atoms with Gasteiger partial charge in [-0.1, -0.05) is 42.5 Å². The second-order valence-electron chi connectivity index (χ2n) is 7.63. The number of anilines is 2. The minimum Gasteiger partial charge on any atom is -0.489 e. The fourth-order valence-electron chi connectivity index (χ4n) is 3.82. The van der Waals surface area contributed by atoms with Crippen molar-refractivity contribution in [3.63, 3.8) is 0 Å². The van der Waals surface area contributed by atoms with Gasteiger partial charge in [-0.2, -0.15) is 10.1 Å². The fourth-order valence-corrected chi connectivity index (χ4v) is 3.82. The van der Waals surface area contributed by atoms with E-state index in [1.54, 1.807) is 29.2 Å². The van der Waals surface area contributed by atoms with Gasteiger partial charge in [0, 0.05) is 11.9 Å². The number of amides is 1. The number of ether oxygens (including phenoxy) is 1. The number of hydrogen-bond acceptors (Lipinski definition) is 6. The van der Waals surface area contributed by atoms with Crippen molar-refractivity contribution in [3.8, 4) is 5.75 Å². The van der Waals surface area contributed by atoms with Crippen molar-refractivity contribution in [2.45, 2.75) is 19.6 Å². The van der Waals surface area contributed by atoms with Gasteiger partial charge in [0.25, 0.3) is 5.91 Å². The second kappa shape index (κ2) is 8.96. The Balaban J connectivity index is 1.42. The van der Waals surface area contributed by atoms with Crippen LogP contribution in [-0.4, -0.2) is 25.7 Å². The van der Waals surface area contributed by atoms with E-state index < -0.39 is 6.04 Å². The summed E-state index contributed by atoms with van der Waals surface area (Å²) in [6.45, 7) is 2.35. The smallest absolute Gasteiger partial charge is 0.255 e. The van der Waals surface area contributed by atoms with Crippen LogP contribution in [0.3, 0.4) is 0 Å². The van der Waals surface area contributed by atoms with E-state index in [2.05, 4.69) is 25.7 Å². The first-order valence-electron chi connectivity index (χ1n) is 10.5. The lowest BCUT2D eigenvalue weighted by Gasteiger charge is -2.28. The normalized spacial score (nSPS) is 14.9. The second-order valence-corrected chi connectivity index (χ2v) is 7.63. The van der Waals surface area contributed by atoms with Gasteiger partial charge in [0.15, 0.2) is 0 Å². The summed E-state index contributed by atoms with van der Waals surface area (Å²) in [5, 5.41) is 10.5. The average molecular weight is 438 g/mol. The van der Waals surface area contributed by atoms with E-state index in [0.29, 0.717) is 29.5 Å². The highest BCUT2D eigenvalue weighted by molar-refractivity contribution is 6.05. The summed E-state index contributed by atoms with van der Waals surface area (Å²) in [4.78, 5) is 21.6. The van der Waals surface area contributed by atoms with Gasteiger partial charge in [-0.05, 0) is 42.3 Å². The number of nitrogens with one attached hydrogen (secondary N) is 2. The third-order valence-electron chi connectivity index (χ3n) is 5.40. The van der Waals surface area contributed by atoms with Gasteiger partial charge in [0.2, 0.25) is 5.95 Å². The van der Waals surface area contributed by atoms with Crippen LogP contribution >= 0.6 is 0 Å². The first kappa shape index (κ1) is 20.4. The first-order chi connectivity index (χ1) is 16.2. The lowest BCUT2D eigenvalue weighted by molar-refractivity contribution is -0.113. The molecule has 5 rings (SSSR count). The molecule has 33 heavy (non-hydrogen) atoms. The van der Waals surface area contributed by atoms with Gasteiger partial charge in [0.1, 0.15) is 24.7 Å². The van der Waals surface area contributed by atoms with Crippen molar-refractivity contribution in [1.82, 2.24) is 19.7 Å². The van der Waals surface area contributed by atoms with Crippen LogP contribution in [0.25, 0.3) is 0 Å². The lowest BCUT2D eigenvalue weighted by Crippen LogP contribution is -2.31. The van der Waals surface area contributed by atoms with E-state index in [1.165, 1.54) is 6.33 Å². The Labute approximate surface area is 191 Å². The first-order valence-corrected chi connectivity index (χ1v) is 10.5. The molecule has 0 saturated carbocycles. The molecule has 0 saturated heterocycles. The van der Waals surface area contributed by atoms with Crippen LogP contribution in [0.4, 0.5) is 11.6 Å². The summed E-state index contributed by atoms with van der Waals surface area (Å²) < 4.78 is 7.63. The summed E-state index contributed by atoms with van der Waals surface area (Å²) in [6.07, 6.45) is 4.75. The zero-order valence-electron chi connectivity index (χ0n) is 18.0. The minimum absolute atomic E-state index is 0.233. The number of allylic oxidation sites excluding steroid dienone is 1. The van der Waals surface area contributed by atoms with Gasteiger partial charge in [0.05, 0.1) is 17.5 Å². The molecular weight excluding hydrogens is 416 g/mol. The lowest BCUT2D eigenvalue weighted by atomic mass is 9.95. The molecule has 1 atom stereocenters. The molecule has 0 fully saturated rings. The van der Waals surface area contributed by atoms with Gasteiger partial charge >= 0.3 is 0 Å². The standard InChI is InChI=1S/C25H22N6O2/c1-17-22(24(32)30-20-8-5-13-26-14-20)23(31-25(29-17)27-16-28-31)19-9-11-21(12-10-19)33-15-18-6-3-2-4-7-18/h2-14,16,23H,15H2,1H3,(H,30,32)(H,27,28,29)/t23-/m1/s1. The number of aromatic nitrogens is 4. The number of nitrogens with zero attached hydrogens (tertiary/aromatic N) is 4. The van der Waals surface area contributed by atoms with Crippen molar-refractivity contribution in [3.05, 3.63) is 108 Å². The Morgan fingerprint density at radius 3 is 2.67 bits per heavy atom. The maximum atomic E-state index is 13.3. The molecule has 0 unspecified atom stereocenters. The van der Waals surface area contributed by atoms with Crippen molar-refractivity contribution in [1.29, 1.82) is 0 Å². The predicted molar refractivity (Wildman–Crippen MR) is 125 cm³/mol. The highest BCUT2D eigenvalue weighted by atomic mass is 16.5. The number of carbonyl (C=O) groups is 1. The SMILES string of the molecule is CC1=C(C(=O)Nc2cccnc2)[C@@H](c2ccc(OCc3ccccc3)cc2)n2ncnc2N1. The molecule has 0 bridgehead atoms. The van der Waals surface area contributed by atoms with Crippen LogP contribution in [0.15, 0.2) is 96.7 Å². The Morgan fingerprint density at radius 2 is 1.91 bits per heavy atom. The van der Waals surface area contributed by atoms with Gasteiger partial charge < -0.3 is 15.4 Å². The van der Waals surface area contributed by atoms with Crippen molar-refractivity contribution in [2.75, 3.05) is 10.6 Å². The third-order valence-corrected chi connectivity index (χ3v) is 5.40. The van der Waals surface area contributed by atoms with Crippen LogP contribution in [0.5, 0.6) is 5.75 Å². The van der Waals surface area contributed by atoms with Crippen LogP contribution in [0, 0.1) is 0 Å². The maximum Gasteiger partial charge on any atom is 0.255 e. The average Bonchev–Trinajstić information content (AvgIpc) is 3.31. The fraction of sp³-hybridized carbons (Fsp3) is 0.120. The number of rotatable bonds is 6. The molecule has 164 valence electrons. The molecule has 2 N–H and O–H groups in total. The Kier molecular flexibility index (Phi) is 5.55. The topological polar surface area (TPSA) is 94.0 Å². The zero-order chi connectivity index (χ0) is 22.6. The molecule has 0 spiro atoms. The summed E-state index contributed by atoms with van der Waals surface area (Å²) in [6, 6.07) is 20.8. The number of pyridine rings is 1. The molecule has 4 aromatic rings. The molecule has 8 nitrogen and oxygen atoms in total. The summed E-state index contributed by atoms with van der Waals surface area (Å²) >= 11 is 0. The quantitative estimate of drug-likeness (QED) is 0.469. The molecule has 2 aromatic carbocycles. The number of hydrogen-bond donors (Lipinski definition) is 2. The van der Waals surface area contributed by atoms with Crippen LogP contribution in [0.2, 0.25) is 0 Å². The van der Waals surface area contributed by atoms with Crippen molar-refractivity contribution in [2.24, 2.45) is 0 Å². The van der Waals surface area contributed by atoms with Crippen molar-refractivity contribution < 1.29 is 9.53 Å². The number of fused-ring (bicyclic) bond motifs is 1. The molecule has 0 aliphatic carbocycles. The van der Waals surface area contributed by atoms with Crippen LogP contribution in [-0.2, 0) is 11.4 Å². The van der Waals surface area contributed by atoms with Gasteiger partial charge in [-0.15, -0.1) is 0 Å². The minimum atomic E-state index is -0.441. The zero-order valence-corrected chi connectivity index (χ0v) is 18.0. The molecule has 1 aliphatic rings. The summed E-state index contributed by atoms with van der Waals surface area (Å²) in [7, 11) is 0. The van der Waals surface area contributed by atoms with Crippen LogP contribution in [0.1, 0.15) is 24.1 Å². The molecule has 8 heteroatoms. The van der Waals surface area contributed by atoms with Crippen molar-refractivity contribution >= 4 is 17.5 Å². The highest BCUT2D eigenvalue weighted by Crippen LogP contribution is 2.35. The van der Waals surface area contributed by atoms with E-state index in [9.17, 15) is 4.79 Å². The summed E-state index contributed by atoms with van der Waals surface area (Å²) in [5.74, 6) is 1.10.